The first kappa shape index (κ1) is 13.5. The van der Waals surface area contributed by atoms with Crippen LogP contribution in [0.2, 0.25) is 0 Å². The molecule has 2 aromatic rings. The first-order valence-electron chi connectivity index (χ1n) is 6.90. The summed E-state index contributed by atoms with van der Waals surface area (Å²) in [5.41, 5.74) is 1.24. The molecule has 1 saturated heterocycles. The van der Waals surface area contributed by atoms with Crippen molar-refractivity contribution >= 4 is 5.91 Å². The molecule has 6 heteroatoms. The molecular weight excluding hydrogens is 268 g/mol. The number of nitrogens with zero attached hydrogens (tertiary/aromatic N) is 3. The second-order valence-corrected chi connectivity index (χ2v) is 5.21. The third-order valence-corrected chi connectivity index (χ3v) is 3.74. The topological polar surface area (TPSA) is 79.0 Å². The SMILES string of the molecule is CC(=O)N1CC[C@H](c2nc(-c3cccnc3)cc(=O)[nH]2)C1. The maximum absolute atomic E-state index is 11.9. The predicted octanol–water partition coefficient (Wildman–Crippen LogP) is 1.17. The summed E-state index contributed by atoms with van der Waals surface area (Å²) in [6, 6.07) is 5.15. The molecule has 21 heavy (non-hydrogen) atoms. The summed E-state index contributed by atoms with van der Waals surface area (Å²) in [6.45, 7) is 2.88. The fourth-order valence-electron chi connectivity index (χ4n) is 2.60. The molecule has 2 aromatic heterocycles. The number of nitrogens with one attached hydrogen (secondary N) is 1. The molecule has 0 radical (unpaired) electrons. The van der Waals surface area contributed by atoms with Crippen molar-refractivity contribution in [3.8, 4) is 11.3 Å². The summed E-state index contributed by atoms with van der Waals surface area (Å²) in [5.74, 6) is 0.784. The molecule has 0 aliphatic carbocycles. The van der Waals surface area contributed by atoms with E-state index in [-0.39, 0.29) is 17.4 Å². The van der Waals surface area contributed by atoms with Gasteiger partial charge in [-0.1, -0.05) is 0 Å². The highest BCUT2D eigenvalue weighted by atomic mass is 16.2. The summed E-state index contributed by atoms with van der Waals surface area (Å²) in [4.78, 5) is 36.4. The van der Waals surface area contributed by atoms with E-state index in [1.165, 1.54) is 6.07 Å². The number of likely N-dealkylation sites (tertiary alicyclic amines) is 1. The number of carbonyl (C=O) groups is 1. The molecule has 0 saturated carbocycles. The van der Waals surface area contributed by atoms with Crippen molar-refractivity contribution < 1.29 is 4.79 Å². The molecule has 1 aliphatic heterocycles. The molecule has 0 spiro atoms. The van der Waals surface area contributed by atoms with E-state index in [9.17, 15) is 9.59 Å². The van der Waals surface area contributed by atoms with E-state index >= 15 is 0 Å². The summed E-state index contributed by atoms with van der Waals surface area (Å²) in [7, 11) is 0. The van der Waals surface area contributed by atoms with Crippen LogP contribution >= 0.6 is 0 Å². The maximum Gasteiger partial charge on any atom is 0.251 e. The first-order valence-corrected chi connectivity index (χ1v) is 6.90. The Balaban J connectivity index is 1.92. The van der Waals surface area contributed by atoms with Crippen LogP contribution in [-0.4, -0.2) is 38.8 Å². The van der Waals surface area contributed by atoms with Gasteiger partial charge < -0.3 is 9.88 Å². The van der Waals surface area contributed by atoms with Crippen molar-refractivity contribution in [3.05, 3.63) is 46.8 Å². The maximum atomic E-state index is 11.9. The third kappa shape index (κ3) is 2.84. The Hall–Kier alpha value is -2.50. The molecule has 6 nitrogen and oxygen atoms in total. The van der Waals surface area contributed by atoms with Gasteiger partial charge in [-0.2, -0.15) is 0 Å². The Morgan fingerprint density at radius 3 is 3.00 bits per heavy atom. The number of hydrogen-bond acceptors (Lipinski definition) is 4. The molecule has 0 unspecified atom stereocenters. The van der Waals surface area contributed by atoms with E-state index in [1.54, 1.807) is 24.2 Å². The van der Waals surface area contributed by atoms with Gasteiger partial charge in [0, 0.05) is 50.0 Å². The zero-order valence-corrected chi connectivity index (χ0v) is 11.7. The van der Waals surface area contributed by atoms with Crippen molar-refractivity contribution in [1.82, 2.24) is 19.9 Å². The van der Waals surface area contributed by atoms with Crippen LogP contribution in [0.3, 0.4) is 0 Å². The lowest BCUT2D eigenvalue weighted by atomic mass is 10.1. The Morgan fingerprint density at radius 2 is 2.33 bits per heavy atom. The Kier molecular flexibility index (Phi) is 3.51. The van der Waals surface area contributed by atoms with Crippen molar-refractivity contribution in [1.29, 1.82) is 0 Å². The highest BCUT2D eigenvalue weighted by Crippen LogP contribution is 2.25. The van der Waals surface area contributed by atoms with Crippen LogP contribution in [0.25, 0.3) is 11.3 Å². The van der Waals surface area contributed by atoms with Crippen LogP contribution < -0.4 is 5.56 Å². The summed E-state index contributed by atoms with van der Waals surface area (Å²) in [6.07, 6.45) is 4.18. The Morgan fingerprint density at radius 1 is 1.48 bits per heavy atom. The predicted molar refractivity (Wildman–Crippen MR) is 77.7 cm³/mol. The van der Waals surface area contributed by atoms with Gasteiger partial charge in [0.25, 0.3) is 5.56 Å². The molecule has 1 aliphatic rings. The monoisotopic (exact) mass is 284 g/mol. The van der Waals surface area contributed by atoms with Crippen LogP contribution in [-0.2, 0) is 4.79 Å². The summed E-state index contributed by atoms with van der Waals surface area (Å²) < 4.78 is 0. The lowest BCUT2D eigenvalue weighted by Crippen LogP contribution is -2.26. The number of carbonyl (C=O) groups excluding carboxylic acids is 1. The quantitative estimate of drug-likeness (QED) is 0.897. The number of H-pyrrole nitrogens is 1. The fourth-order valence-corrected chi connectivity index (χ4v) is 2.60. The highest BCUT2D eigenvalue weighted by Gasteiger charge is 2.27. The minimum atomic E-state index is -0.180. The zero-order chi connectivity index (χ0) is 14.8. The molecule has 108 valence electrons. The van der Waals surface area contributed by atoms with Crippen molar-refractivity contribution in [2.45, 2.75) is 19.3 Å². The molecule has 0 aromatic carbocycles. The van der Waals surface area contributed by atoms with Gasteiger partial charge in [-0.15, -0.1) is 0 Å². The second kappa shape index (κ2) is 5.47. The van der Waals surface area contributed by atoms with Crippen LogP contribution in [0.4, 0.5) is 0 Å². The van der Waals surface area contributed by atoms with Crippen molar-refractivity contribution in [3.63, 3.8) is 0 Å². The van der Waals surface area contributed by atoms with Gasteiger partial charge in [-0.3, -0.25) is 14.6 Å². The molecule has 3 heterocycles. The number of pyridine rings is 1. The van der Waals surface area contributed by atoms with E-state index in [0.717, 1.165) is 12.0 Å². The summed E-state index contributed by atoms with van der Waals surface area (Å²) in [5, 5.41) is 0. The number of aromatic nitrogens is 3. The molecule has 3 rings (SSSR count). The lowest BCUT2D eigenvalue weighted by molar-refractivity contribution is -0.127. The lowest BCUT2D eigenvalue weighted by Gasteiger charge is -2.13. The second-order valence-electron chi connectivity index (χ2n) is 5.21. The Bertz CT molecular complexity index is 711. The van der Waals surface area contributed by atoms with Gasteiger partial charge in [0.15, 0.2) is 0 Å². The van der Waals surface area contributed by atoms with Crippen LogP contribution in [0, 0.1) is 0 Å². The molecular formula is C15H16N4O2. The fraction of sp³-hybridized carbons (Fsp3) is 0.333. The van der Waals surface area contributed by atoms with Crippen LogP contribution in [0.1, 0.15) is 25.1 Å². The highest BCUT2D eigenvalue weighted by molar-refractivity contribution is 5.73. The van der Waals surface area contributed by atoms with Gasteiger partial charge in [0.05, 0.1) is 5.69 Å². The van der Waals surface area contributed by atoms with Gasteiger partial charge in [-0.25, -0.2) is 4.98 Å². The van der Waals surface area contributed by atoms with Crippen molar-refractivity contribution in [2.24, 2.45) is 0 Å². The number of rotatable bonds is 2. The minimum absolute atomic E-state index is 0.0586. The van der Waals surface area contributed by atoms with Crippen molar-refractivity contribution in [2.75, 3.05) is 13.1 Å². The number of amides is 1. The number of aromatic amines is 1. The van der Waals surface area contributed by atoms with Gasteiger partial charge in [0.1, 0.15) is 5.82 Å². The first-order chi connectivity index (χ1) is 10.1. The normalized spacial score (nSPS) is 18.0. The number of hydrogen-bond donors (Lipinski definition) is 1. The van der Waals surface area contributed by atoms with E-state index in [1.807, 2.05) is 12.1 Å². The van der Waals surface area contributed by atoms with Crippen LogP contribution in [0.5, 0.6) is 0 Å². The largest absolute Gasteiger partial charge is 0.342 e. The van der Waals surface area contributed by atoms with E-state index in [0.29, 0.717) is 24.6 Å². The Labute approximate surface area is 121 Å². The van der Waals surface area contributed by atoms with E-state index in [2.05, 4.69) is 15.0 Å². The summed E-state index contributed by atoms with van der Waals surface area (Å²) >= 11 is 0. The smallest absolute Gasteiger partial charge is 0.251 e. The van der Waals surface area contributed by atoms with Gasteiger partial charge in [-0.05, 0) is 18.6 Å². The molecule has 1 amide bonds. The van der Waals surface area contributed by atoms with Gasteiger partial charge >= 0.3 is 0 Å². The standard InChI is InChI=1S/C15H16N4O2/c1-10(20)19-6-4-12(9-19)15-17-13(7-14(21)18-15)11-3-2-5-16-8-11/h2-3,5,7-8,12H,4,6,9H2,1H3,(H,17,18,21)/t12-/m0/s1. The minimum Gasteiger partial charge on any atom is -0.342 e. The zero-order valence-electron chi connectivity index (χ0n) is 11.7. The molecule has 0 bridgehead atoms. The van der Waals surface area contributed by atoms with E-state index in [4.69, 9.17) is 0 Å². The average molecular weight is 284 g/mol. The van der Waals surface area contributed by atoms with Gasteiger partial charge in [0.2, 0.25) is 5.91 Å². The molecule has 1 N–H and O–H groups in total. The van der Waals surface area contributed by atoms with Crippen LogP contribution in [0.15, 0.2) is 35.4 Å². The molecule has 1 atom stereocenters. The molecule has 1 fully saturated rings. The van der Waals surface area contributed by atoms with E-state index < -0.39 is 0 Å². The average Bonchev–Trinajstić information content (AvgIpc) is 2.98. The third-order valence-electron chi connectivity index (χ3n) is 3.74.